The lowest BCUT2D eigenvalue weighted by atomic mass is 10.1. The predicted molar refractivity (Wildman–Crippen MR) is 73.5 cm³/mol. The Bertz CT molecular complexity index is 600. The molecule has 0 aliphatic heterocycles. The minimum atomic E-state index is -0.811. The maximum atomic E-state index is 10.8. The number of nitrogens with zero attached hydrogens (tertiary/aromatic N) is 4. The number of benzene rings is 1. The summed E-state index contributed by atoms with van der Waals surface area (Å²) in [6.45, 7) is 2.15. The second-order valence-electron chi connectivity index (χ2n) is 4.65. The Kier molecular flexibility index (Phi) is 4.68. The molecule has 0 radical (unpaired) electrons. The maximum absolute atomic E-state index is 10.8. The van der Waals surface area contributed by atoms with Crippen molar-refractivity contribution in [1.82, 2.24) is 20.2 Å². The third-order valence-corrected chi connectivity index (χ3v) is 3.29. The van der Waals surface area contributed by atoms with E-state index in [4.69, 9.17) is 16.7 Å². The van der Waals surface area contributed by atoms with E-state index < -0.39 is 11.9 Å². The van der Waals surface area contributed by atoms with Gasteiger partial charge >= 0.3 is 5.97 Å². The molecule has 1 N–H and O–H groups in total. The number of halogens is 1. The average molecular weight is 295 g/mol. The number of carbonyl (C=O) groups is 1. The molecule has 1 aromatic heterocycles. The lowest BCUT2D eigenvalue weighted by Gasteiger charge is -2.07. The fraction of sp³-hybridized carbons (Fsp3) is 0.385. The van der Waals surface area contributed by atoms with Crippen molar-refractivity contribution in [2.75, 3.05) is 0 Å². The summed E-state index contributed by atoms with van der Waals surface area (Å²) in [5, 5.41) is 21.1. The molecule has 0 fully saturated rings. The largest absolute Gasteiger partial charge is 0.481 e. The molecule has 20 heavy (non-hydrogen) atoms. The van der Waals surface area contributed by atoms with Gasteiger partial charge in [-0.1, -0.05) is 30.7 Å². The zero-order valence-electron chi connectivity index (χ0n) is 11.0. The quantitative estimate of drug-likeness (QED) is 0.881. The number of tetrazole rings is 1. The molecule has 1 aromatic carbocycles. The van der Waals surface area contributed by atoms with Crippen LogP contribution in [0.5, 0.6) is 0 Å². The molecule has 1 atom stereocenters. The molecule has 0 aliphatic carbocycles. The molecule has 0 saturated heterocycles. The Hall–Kier alpha value is -1.95. The Balaban J connectivity index is 2.03. The van der Waals surface area contributed by atoms with Crippen molar-refractivity contribution in [2.45, 2.75) is 26.3 Å². The molecule has 1 heterocycles. The second-order valence-corrected chi connectivity index (χ2v) is 5.09. The van der Waals surface area contributed by atoms with Crippen LogP contribution in [0.25, 0.3) is 0 Å². The standard InChI is InChI=1S/C13H15ClN4O2/c1-9(13(19)20)5-6-18-12(15-16-17-18)8-10-3-2-4-11(14)7-10/h2-4,7,9H,5-6,8H2,1H3,(H,19,20). The minimum absolute atomic E-state index is 0.418. The van der Waals surface area contributed by atoms with Gasteiger partial charge in [0, 0.05) is 18.0 Å². The number of aromatic nitrogens is 4. The van der Waals surface area contributed by atoms with Gasteiger partial charge in [0.05, 0.1) is 5.92 Å². The molecule has 0 amide bonds. The van der Waals surface area contributed by atoms with Gasteiger partial charge in [-0.2, -0.15) is 0 Å². The van der Waals surface area contributed by atoms with Crippen molar-refractivity contribution >= 4 is 17.6 Å². The topological polar surface area (TPSA) is 80.9 Å². The van der Waals surface area contributed by atoms with Gasteiger partial charge in [-0.3, -0.25) is 4.79 Å². The van der Waals surface area contributed by atoms with E-state index in [-0.39, 0.29) is 0 Å². The van der Waals surface area contributed by atoms with E-state index in [9.17, 15) is 4.79 Å². The summed E-state index contributed by atoms with van der Waals surface area (Å²) in [4.78, 5) is 10.8. The predicted octanol–water partition coefficient (Wildman–Crippen LogP) is 2.03. The van der Waals surface area contributed by atoms with Crippen molar-refractivity contribution in [3.05, 3.63) is 40.7 Å². The van der Waals surface area contributed by atoms with Gasteiger partial charge in [0.1, 0.15) is 0 Å². The Labute approximate surface area is 121 Å². The smallest absolute Gasteiger partial charge is 0.306 e. The van der Waals surface area contributed by atoms with Crippen LogP contribution in [0, 0.1) is 5.92 Å². The number of aliphatic carboxylic acids is 1. The van der Waals surface area contributed by atoms with Crippen molar-refractivity contribution < 1.29 is 9.90 Å². The molecule has 2 aromatic rings. The highest BCUT2D eigenvalue weighted by atomic mass is 35.5. The highest BCUT2D eigenvalue weighted by Crippen LogP contribution is 2.14. The first-order valence-electron chi connectivity index (χ1n) is 6.28. The van der Waals surface area contributed by atoms with Gasteiger partial charge in [0.15, 0.2) is 5.82 Å². The zero-order valence-corrected chi connectivity index (χ0v) is 11.8. The molecule has 0 bridgehead atoms. The lowest BCUT2D eigenvalue weighted by molar-refractivity contribution is -0.141. The fourth-order valence-corrected chi connectivity index (χ4v) is 2.01. The summed E-state index contributed by atoms with van der Waals surface area (Å²) in [5.74, 6) is -0.530. The number of aryl methyl sites for hydroxylation is 1. The number of hydrogen-bond acceptors (Lipinski definition) is 4. The molecule has 6 nitrogen and oxygen atoms in total. The van der Waals surface area contributed by atoms with Gasteiger partial charge in [-0.15, -0.1) is 5.10 Å². The number of hydrogen-bond donors (Lipinski definition) is 1. The summed E-state index contributed by atoms with van der Waals surface area (Å²) in [7, 11) is 0. The minimum Gasteiger partial charge on any atom is -0.481 e. The highest BCUT2D eigenvalue weighted by molar-refractivity contribution is 6.30. The summed E-state index contributed by atoms with van der Waals surface area (Å²) >= 11 is 5.94. The van der Waals surface area contributed by atoms with E-state index in [1.807, 2.05) is 24.3 Å². The van der Waals surface area contributed by atoms with Crippen LogP contribution in [0.15, 0.2) is 24.3 Å². The van der Waals surface area contributed by atoms with Crippen LogP contribution < -0.4 is 0 Å². The first-order valence-corrected chi connectivity index (χ1v) is 6.66. The first kappa shape index (κ1) is 14.5. The molecule has 1 unspecified atom stereocenters. The van der Waals surface area contributed by atoms with E-state index in [1.54, 1.807) is 11.6 Å². The summed E-state index contributed by atoms with van der Waals surface area (Å²) < 4.78 is 1.64. The lowest BCUT2D eigenvalue weighted by Crippen LogP contribution is -2.15. The molecule has 0 spiro atoms. The molecule has 2 rings (SSSR count). The van der Waals surface area contributed by atoms with Gasteiger partial charge in [0.2, 0.25) is 0 Å². The van der Waals surface area contributed by atoms with Crippen molar-refractivity contribution in [2.24, 2.45) is 5.92 Å². The van der Waals surface area contributed by atoms with E-state index >= 15 is 0 Å². The molecule has 0 aliphatic rings. The highest BCUT2D eigenvalue weighted by Gasteiger charge is 2.13. The Morgan fingerprint density at radius 2 is 2.30 bits per heavy atom. The average Bonchev–Trinajstić information content (AvgIpc) is 2.83. The molecular formula is C13H15ClN4O2. The summed E-state index contributed by atoms with van der Waals surface area (Å²) in [6, 6.07) is 7.49. The van der Waals surface area contributed by atoms with Crippen molar-refractivity contribution in [1.29, 1.82) is 0 Å². The van der Waals surface area contributed by atoms with E-state index in [0.717, 1.165) is 5.56 Å². The van der Waals surface area contributed by atoms with Crippen molar-refractivity contribution in [3.63, 3.8) is 0 Å². The zero-order chi connectivity index (χ0) is 14.5. The van der Waals surface area contributed by atoms with Crippen molar-refractivity contribution in [3.8, 4) is 0 Å². The third kappa shape index (κ3) is 3.77. The summed E-state index contributed by atoms with van der Waals surface area (Å²) in [5.41, 5.74) is 1.01. The number of rotatable bonds is 6. The van der Waals surface area contributed by atoms with Crippen LogP contribution in [0.4, 0.5) is 0 Å². The SMILES string of the molecule is CC(CCn1nnnc1Cc1cccc(Cl)c1)C(=O)O. The second kappa shape index (κ2) is 6.47. The van der Waals surface area contributed by atoms with E-state index in [2.05, 4.69) is 15.5 Å². The van der Waals surface area contributed by atoms with Crippen LogP contribution in [0.1, 0.15) is 24.7 Å². The van der Waals surface area contributed by atoms with Crippen LogP contribution >= 0.6 is 11.6 Å². The monoisotopic (exact) mass is 294 g/mol. The van der Waals surface area contributed by atoms with Crippen LogP contribution in [0.2, 0.25) is 5.02 Å². The molecule has 0 saturated carbocycles. The Morgan fingerprint density at radius 3 is 3.00 bits per heavy atom. The van der Waals surface area contributed by atoms with Gasteiger partial charge in [-0.25, -0.2) is 4.68 Å². The van der Waals surface area contributed by atoms with Crippen LogP contribution in [-0.2, 0) is 17.8 Å². The molecule has 106 valence electrons. The number of carboxylic acid groups (broad SMARTS) is 1. The first-order chi connectivity index (χ1) is 9.56. The normalized spacial score (nSPS) is 12.3. The third-order valence-electron chi connectivity index (χ3n) is 3.05. The fourth-order valence-electron chi connectivity index (χ4n) is 1.79. The molecular weight excluding hydrogens is 280 g/mol. The van der Waals surface area contributed by atoms with E-state index in [1.165, 1.54) is 0 Å². The van der Waals surface area contributed by atoms with Crippen LogP contribution in [-0.4, -0.2) is 31.3 Å². The van der Waals surface area contributed by atoms with Gasteiger partial charge in [-0.05, 0) is 34.5 Å². The van der Waals surface area contributed by atoms with Gasteiger partial charge < -0.3 is 5.11 Å². The number of carboxylic acids is 1. The summed E-state index contributed by atoms with van der Waals surface area (Å²) in [6.07, 6.45) is 1.05. The molecule has 7 heteroatoms. The Morgan fingerprint density at radius 1 is 1.50 bits per heavy atom. The van der Waals surface area contributed by atoms with Gasteiger partial charge in [0.25, 0.3) is 0 Å². The van der Waals surface area contributed by atoms with E-state index in [0.29, 0.717) is 30.2 Å². The van der Waals surface area contributed by atoms with Crippen LogP contribution in [0.3, 0.4) is 0 Å². The maximum Gasteiger partial charge on any atom is 0.306 e.